The van der Waals surface area contributed by atoms with Crippen LogP contribution in [-0.4, -0.2) is 49.0 Å². The summed E-state index contributed by atoms with van der Waals surface area (Å²) in [6, 6.07) is -0.368. The molecule has 0 bridgehead atoms. The maximum atomic E-state index is 12.3. The van der Waals surface area contributed by atoms with Crippen molar-refractivity contribution >= 4 is 35.0 Å². The van der Waals surface area contributed by atoms with Crippen LogP contribution in [0.4, 0.5) is 0 Å². The van der Waals surface area contributed by atoms with Gasteiger partial charge in [-0.2, -0.15) is 0 Å². The van der Waals surface area contributed by atoms with Crippen LogP contribution in [0.5, 0.6) is 0 Å². The number of fused-ring (bicyclic) bond motifs is 1. The van der Waals surface area contributed by atoms with E-state index in [2.05, 4.69) is 15.0 Å². The van der Waals surface area contributed by atoms with E-state index >= 15 is 0 Å². The van der Waals surface area contributed by atoms with Gasteiger partial charge in [0.05, 0.1) is 35.9 Å². The zero-order valence-corrected chi connectivity index (χ0v) is 19.0. The smallest absolute Gasteiger partial charge is 0.543 e. The van der Waals surface area contributed by atoms with Crippen molar-refractivity contribution in [2.24, 2.45) is 11.8 Å². The first kappa shape index (κ1) is 21.4. The van der Waals surface area contributed by atoms with Gasteiger partial charge < -0.3 is 19.9 Å². The van der Waals surface area contributed by atoms with Crippen LogP contribution >= 0.6 is 23.1 Å². The van der Waals surface area contributed by atoms with Crippen molar-refractivity contribution in [2.75, 3.05) is 0 Å². The van der Waals surface area contributed by atoms with Crippen LogP contribution in [0.2, 0.25) is 0 Å². The minimum atomic E-state index is -1.39. The molecule has 2 aliphatic rings. The summed E-state index contributed by atoms with van der Waals surface area (Å²) in [5.41, 5.74) is 1.16. The van der Waals surface area contributed by atoms with Crippen molar-refractivity contribution in [3.8, 4) is 11.4 Å². The number of rotatable bonds is 5. The molecule has 1 amide bonds. The third kappa shape index (κ3) is 3.42. The molecule has 1 unspecified atom stereocenters. The molecule has 4 rings (SSSR count). The first-order valence-corrected chi connectivity index (χ1v) is 9.96. The molecular formula is C17H15N4NaO4S2. The van der Waals surface area contributed by atoms with Gasteiger partial charge >= 0.3 is 29.6 Å². The number of nitrogens with zero attached hydrogens (tertiary/aromatic N) is 4. The molecule has 2 aliphatic heterocycles. The van der Waals surface area contributed by atoms with Crippen LogP contribution < -0.4 is 34.7 Å². The molecule has 0 saturated carbocycles. The number of β-lactam (4-membered cyclic amide) rings is 1. The Morgan fingerprint density at radius 1 is 1.39 bits per heavy atom. The van der Waals surface area contributed by atoms with E-state index in [9.17, 15) is 19.8 Å². The zero-order chi connectivity index (χ0) is 19.3. The Labute approximate surface area is 191 Å². The average Bonchev–Trinajstić information content (AvgIpc) is 3.18. The van der Waals surface area contributed by atoms with Crippen molar-refractivity contribution in [3.05, 3.63) is 34.6 Å². The van der Waals surface area contributed by atoms with Gasteiger partial charge in [0.2, 0.25) is 5.91 Å². The molecule has 4 atom stereocenters. The number of amides is 1. The molecule has 0 radical (unpaired) electrons. The predicted molar refractivity (Wildman–Crippen MR) is 96.0 cm³/mol. The molecule has 0 aromatic carbocycles. The quantitative estimate of drug-likeness (QED) is 0.412. The molecule has 1 saturated heterocycles. The van der Waals surface area contributed by atoms with E-state index in [0.29, 0.717) is 20.6 Å². The predicted octanol–water partition coefficient (Wildman–Crippen LogP) is -2.48. The number of carbonyl (C=O) groups is 2. The second-order valence-electron chi connectivity index (χ2n) is 6.45. The Morgan fingerprint density at radius 3 is 2.75 bits per heavy atom. The summed E-state index contributed by atoms with van der Waals surface area (Å²) in [6.45, 7) is 3.40. The molecule has 0 spiro atoms. The number of aliphatic hydroxyl groups is 1. The summed E-state index contributed by atoms with van der Waals surface area (Å²) < 4.78 is 0.639. The molecule has 28 heavy (non-hydrogen) atoms. The summed E-state index contributed by atoms with van der Waals surface area (Å²) in [7, 11) is 0. The zero-order valence-electron chi connectivity index (χ0n) is 15.4. The monoisotopic (exact) mass is 426 g/mol. The van der Waals surface area contributed by atoms with E-state index < -0.39 is 18.0 Å². The van der Waals surface area contributed by atoms with Gasteiger partial charge in [-0.25, -0.2) is 4.98 Å². The number of thiazole rings is 1. The van der Waals surface area contributed by atoms with Crippen LogP contribution in [0.3, 0.4) is 0 Å². The second kappa shape index (κ2) is 8.21. The first-order chi connectivity index (χ1) is 12.9. The number of aliphatic hydroxyl groups excluding tert-OH is 1. The molecule has 4 heterocycles. The Hall–Kier alpha value is -1.30. The number of carboxylic acids is 1. The number of carbonyl (C=O) groups excluding carboxylic acids is 2. The van der Waals surface area contributed by atoms with Crippen molar-refractivity contribution in [1.82, 2.24) is 19.9 Å². The van der Waals surface area contributed by atoms with Crippen LogP contribution in [0.15, 0.2) is 38.9 Å². The maximum absolute atomic E-state index is 12.3. The van der Waals surface area contributed by atoms with Crippen molar-refractivity contribution in [3.63, 3.8) is 0 Å². The average molecular weight is 426 g/mol. The third-order valence-electron chi connectivity index (χ3n) is 4.81. The van der Waals surface area contributed by atoms with Gasteiger partial charge in [-0.05, 0) is 6.92 Å². The molecule has 2 aromatic heterocycles. The van der Waals surface area contributed by atoms with Crippen molar-refractivity contribution < 1.29 is 49.4 Å². The van der Waals surface area contributed by atoms with Gasteiger partial charge in [0.1, 0.15) is 11.4 Å². The topological polar surface area (TPSA) is 119 Å². The molecular weight excluding hydrogens is 411 g/mol. The van der Waals surface area contributed by atoms with Gasteiger partial charge in [0, 0.05) is 28.6 Å². The van der Waals surface area contributed by atoms with Gasteiger partial charge in [-0.3, -0.25) is 14.8 Å². The number of hydrogen-bond donors (Lipinski definition) is 1. The van der Waals surface area contributed by atoms with Crippen LogP contribution in [0, 0.1) is 11.8 Å². The van der Waals surface area contributed by atoms with Crippen molar-refractivity contribution in [1.29, 1.82) is 0 Å². The summed E-state index contributed by atoms with van der Waals surface area (Å²) in [4.78, 5) is 38.5. The number of carboxylic acid groups (broad SMARTS) is 1. The van der Waals surface area contributed by atoms with Crippen LogP contribution in [-0.2, 0) is 9.59 Å². The summed E-state index contributed by atoms with van der Waals surface area (Å²) >= 11 is 2.58. The fourth-order valence-corrected chi connectivity index (χ4v) is 5.67. The number of aromatic nitrogens is 3. The summed E-state index contributed by atoms with van der Waals surface area (Å²) in [6.07, 6.45) is 3.91. The minimum Gasteiger partial charge on any atom is -0.543 e. The Morgan fingerprint density at radius 2 is 2.14 bits per heavy atom. The minimum absolute atomic E-state index is 0. The molecule has 8 nitrogen and oxygen atoms in total. The van der Waals surface area contributed by atoms with E-state index in [4.69, 9.17) is 0 Å². The standard InChI is InChI=1S/C17H16N4O4S2.Na/c1-7-12-11(8(2)22)15(23)21(12)13(16(24)25)14(7)27-17-20-10(6-26-17)9-5-18-3-4-19-9;/h3-8,11-12,22H,1-2H3,(H,24,25);/q;+1/p-1/t7-,8-,11-,12?;/m1./s1. The van der Waals surface area contributed by atoms with Gasteiger partial charge in [0.15, 0.2) is 4.34 Å². The molecule has 11 heteroatoms. The Balaban J connectivity index is 0.00000225. The fraction of sp³-hybridized carbons (Fsp3) is 0.353. The van der Waals surface area contributed by atoms with Gasteiger partial charge in [0.25, 0.3) is 0 Å². The van der Waals surface area contributed by atoms with E-state index in [0.717, 1.165) is 0 Å². The molecule has 2 aromatic rings. The van der Waals surface area contributed by atoms with Gasteiger partial charge in [-0.1, -0.05) is 18.7 Å². The van der Waals surface area contributed by atoms with E-state index in [-0.39, 0.29) is 53.1 Å². The molecule has 1 fully saturated rings. The second-order valence-corrected chi connectivity index (χ2v) is 8.59. The first-order valence-electron chi connectivity index (χ1n) is 8.26. The van der Waals surface area contributed by atoms with Crippen LogP contribution in [0.1, 0.15) is 13.8 Å². The van der Waals surface area contributed by atoms with E-state index in [1.54, 1.807) is 25.5 Å². The molecule has 0 aliphatic carbocycles. The molecule has 140 valence electrons. The normalized spacial score (nSPS) is 24.5. The van der Waals surface area contributed by atoms with Gasteiger partial charge in [-0.15, -0.1) is 11.3 Å². The third-order valence-corrected chi connectivity index (χ3v) is 7.03. The van der Waals surface area contributed by atoms with Crippen molar-refractivity contribution in [2.45, 2.75) is 30.3 Å². The van der Waals surface area contributed by atoms with E-state index in [1.807, 2.05) is 12.3 Å². The fourth-order valence-electron chi connectivity index (χ4n) is 3.59. The SMILES string of the molecule is C[C@H]1C(Sc2nc(-c3cnccn3)cs2)=C(C(=O)[O-])N2C(=O)[C@H]([C@@H](C)O)C12.[Na+]. The summed E-state index contributed by atoms with van der Waals surface area (Å²) in [5.74, 6) is -2.60. The maximum Gasteiger partial charge on any atom is 1.00 e. The van der Waals surface area contributed by atoms with Crippen LogP contribution in [0.25, 0.3) is 11.4 Å². The largest absolute Gasteiger partial charge is 1.00 e. The Kier molecular flexibility index (Phi) is 6.28. The number of thioether (sulfide) groups is 1. The summed E-state index contributed by atoms with van der Waals surface area (Å²) in [5, 5.41) is 23.4. The Bertz CT molecular complexity index is 950. The molecule has 1 N–H and O–H groups in total. The number of hydrogen-bond acceptors (Lipinski definition) is 9. The number of aliphatic carboxylic acids is 1. The van der Waals surface area contributed by atoms with E-state index in [1.165, 1.54) is 28.0 Å².